The predicted molar refractivity (Wildman–Crippen MR) is 89.9 cm³/mol. The number of hydrogen-bond acceptors (Lipinski definition) is 3. The molecule has 2 aromatic rings. The molecule has 0 aliphatic rings. The van der Waals surface area contributed by atoms with E-state index in [-0.39, 0.29) is 5.41 Å². The van der Waals surface area contributed by atoms with Gasteiger partial charge < -0.3 is 4.74 Å². The summed E-state index contributed by atoms with van der Waals surface area (Å²) in [6, 6.07) is 6.12. The van der Waals surface area contributed by atoms with Crippen LogP contribution < -0.4 is 4.74 Å². The normalized spacial score (nSPS) is 11.6. The highest BCUT2D eigenvalue weighted by Crippen LogP contribution is 2.35. The van der Waals surface area contributed by atoms with Crippen molar-refractivity contribution in [3.63, 3.8) is 0 Å². The van der Waals surface area contributed by atoms with Crippen LogP contribution in [0.25, 0.3) is 11.3 Å². The molecule has 0 radical (unpaired) electrons. The van der Waals surface area contributed by atoms with Crippen LogP contribution in [-0.2, 0) is 5.41 Å². The number of halogens is 1. The molecule has 4 heteroatoms. The maximum absolute atomic E-state index is 5.55. The molecule has 112 valence electrons. The van der Waals surface area contributed by atoms with E-state index < -0.39 is 0 Å². The highest BCUT2D eigenvalue weighted by molar-refractivity contribution is 9.10. The third-order valence-electron chi connectivity index (χ3n) is 3.29. The minimum atomic E-state index is -0.107. The molecular formula is C17H21BrN2O. The Morgan fingerprint density at radius 2 is 1.71 bits per heavy atom. The van der Waals surface area contributed by atoms with Crippen molar-refractivity contribution in [1.82, 2.24) is 9.97 Å². The van der Waals surface area contributed by atoms with Crippen molar-refractivity contribution >= 4 is 15.9 Å². The molecule has 0 unspecified atom stereocenters. The summed E-state index contributed by atoms with van der Waals surface area (Å²) in [5.74, 6) is 1.66. The Morgan fingerprint density at radius 3 is 2.29 bits per heavy atom. The summed E-state index contributed by atoms with van der Waals surface area (Å²) < 4.78 is 6.34. The molecule has 0 saturated heterocycles. The molecule has 1 aromatic heterocycles. The average molecular weight is 349 g/mol. The first-order chi connectivity index (χ1) is 9.72. The lowest BCUT2D eigenvalue weighted by atomic mass is 9.95. The van der Waals surface area contributed by atoms with E-state index in [2.05, 4.69) is 61.6 Å². The Hall–Kier alpha value is -1.42. The van der Waals surface area contributed by atoms with Gasteiger partial charge in [0.15, 0.2) is 0 Å². The Balaban J connectivity index is 2.70. The number of hydrogen-bond donors (Lipinski definition) is 0. The van der Waals surface area contributed by atoms with E-state index in [0.717, 1.165) is 33.0 Å². The first-order valence-electron chi connectivity index (χ1n) is 6.93. The number of benzene rings is 1. The molecule has 21 heavy (non-hydrogen) atoms. The van der Waals surface area contributed by atoms with E-state index in [0.29, 0.717) is 0 Å². The van der Waals surface area contributed by atoms with Crippen LogP contribution in [0.2, 0.25) is 0 Å². The molecule has 0 aliphatic heterocycles. The van der Waals surface area contributed by atoms with Crippen molar-refractivity contribution in [1.29, 1.82) is 0 Å². The molecule has 3 nitrogen and oxygen atoms in total. The van der Waals surface area contributed by atoms with Gasteiger partial charge in [-0.15, -0.1) is 0 Å². The highest BCUT2D eigenvalue weighted by Gasteiger charge is 2.21. The fourth-order valence-corrected chi connectivity index (χ4v) is 2.68. The van der Waals surface area contributed by atoms with Crippen LogP contribution >= 0.6 is 15.9 Å². The second-order valence-electron chi connectivity index (χ2n) is 6.31. The first kappa shape index (κ1) is 16.0. The first-order valence-corrected chi connectivity index (χ1v) is 7.72. The monoisotopic (exact) mass is 348 g/mol. The molecule has 1 heterocycles. The van der Waals surface area contributed by atoms with E-state index in [4.69, 9.17) is 9.72 Å². The van der Waals surface area contributed by atoms with Crippen molar-refractivity contribution in [2.45, 2.75) is 40.0 Å². The third-order valence-corrected chi connectivity index (χ3v) is 3.69. The van der Waals surface area contributed by atoms with Gasteiger partial charge in [0.05, 0.1) is 12.8 Å². The fraction of sp³-hybridized carbons (Fsp3) is 0.412. The third kappa shape index (κ3) is 3.43. The summed E-state index contributed by atoms with van der Waals surface area (Å²) in [6.07, 6.45) is 0. The standard InChI is InChI=1S/C17H21BrN2O/c1-10-7-11(2)15(13(8-10)21-6)12-9-14(18)20-16(19-12)17(3,4)5/h7-9H,1-6H3. The fourth-order valence-electron chi connectivity index (χ4n) is 2.30. The van der Waals surface area contributed by atoms with Crippen LogP contribution in [0.3, 0.4) is 0 Å². The lowest BCUT2D eigenvalue weighted by Gasteiger charge is -2.19. The largest absolute Gasteiger partial charge is 0.496 e. The van der Waals surface area contributed by atoms with Crippen molar-refractivity contribution in [2.75, 3.05) is 7.11 Å². The topological polar surface area (TPSA) is 35.0 Å². The minimum absolute atomic E-state index is 0.107. The van der Waals surface area contributed by atoms with Gasteiger partial charge in [0.1, 0.15) is 16.2 Å². The molecule has 0 atom stereocenters. The van der Waals surface area contributed by atoms with Crippen LogP contribution in [0.15, 0.2) is 22.8 Å². The number of aromatic nitrogens is 2. The molecule has 2 rings (SSSR count). The highest BCUT2D eigenvalue weighted by atomic mass is 79.9. The van der Waals surface area contributed by atoms with Gasteiger partial charge in [0.2, 0.25) is 0 Å². The van der Waals surface area contributed by atoms with Crippen molar-refractivity contribution in [3.05, 3.63) is 39.8 Å². The predicted octanol–water partition coefficient (Wildman–Crippen LogP) is 4.83. The number of rotatable bonds is 2. The Labute approximate surface area is 134 Å². The van der Waals surface area contributed by atoms with E-state index >= 15 is 0 Å². The zero-order valence-corrected chi connectivity index (χ0v) is 15.0. The lowest BCUT2D eigenvalue weighted by Crippen LogP contribution is -2.16. The van der Waals surface area contributed by atoms with Gasteiger partial charge in [-0.25, -0.2) is 9.97 Å². The molecule has 0 aliphatic carbocycles. The van der Waals surface area contributed by atoms with Crippen LogP contribution in [0.4, 0.5) is 0 Å². The SMILES string of the molecule is COc1cc(C)cc(C)c1-c1cc(Br)nc(C(C)(C)C)n1. The van der Waals surface area contributed by atoms with Gasteiger partial charge in [0, 0.05) is 11.0 Å². The Bertz CT molecular complexity index is 675. The molecule has 1 aromatic carbocycles. The lowest BCUT2D eigenvalue weighted by molar-refractivity contribution is 0.415. The molecule has 0 saturated carbocycles. The zero-order chi connectivity index (χ0) is 15.8. The van der Waals surface area contributed by atoms with Crippen LogP contribution in [-0.4, -0.2) is 17.1 Å². The van der Waals surface area contributed by atoms with Gasteiger partial charge in [-0.2, -0.15) is 0 Å². The van der Waals surface area contributed by atoms with Gasteiger partial charge in [0.25, 0.3) is 0 Å². The molecule has 0 spiro atoms. The number of methoxy groups -OCH3 is 1. The molecule has 0 amide bonds. The van der Waals surface area contributed by atoms with Crippen LogP contribution in [0, 0.1) is 13.8 Å². The minimum Gasteiger partial charge on any atom is -0.496 e. The van der Waals surface area contributed by atoms with Crippen molar-refractivity contribution in [3.8, 4) is 17.0 Å². The summed E-state index contributed by atoms with van der Waals surface area (Å²) >= 11 is 3.50. The van der Waals surface area contributed by atoms with Gasteiger partial charge >= 0.3 is 0 Å². The molecule has 0 fully saturated rings. The second kappa shape index (κ2) is 5.76. The van der Waals surface area contributed by atoms with Crippen molar-refractivity contribution in [2.24, 2.45) is 0 Å². The van der Waals surface area contributed by atoms with Crippen LogP contribution in [0.5, 0.6) is 5.75 Å². The van der Waals surface area contributed by atoms with E-state index in [1.807, 2.05) is 12.1 Å². The zero-order valence-electron chi connectivity index (χ0n) is 13.4. The summed E-state index contributed by atoms with van der Waals surface area (Å²) in [6.45, 7) is 10.5. The van der Waals surface area contributed by atoms with Crippen molar-refractivity contribution < 1.29 is 4.74 Å². The molecule has 0 bridgehead atoms. The van der Waals surface area contributed by atoms with Crippen LogP contribution in [0.1, 0.15) is 37.7 Å². The summed E-state index contributed by atoms with van der Waals surface area (Å²) in [5.41, 5.74) is 4.13. The average Bonchev–Trinajstić information content (AvgIpc) is 2.35. The Kier molecular flexibility index (Phi) is 4.38. The summed E-state index contributed by atoms with van der Waals surface area (Å²) in [4.78, 5) is 9.25. The Morgan fingerprint density at radius 1 is 1.05 bits per heavy atom. The second-order valence-corrected chi connectivity index (χ2v) is 7.12. The van der Waals surface area contributed by atoms with Gasteiger partial charge in [-0.1, -0.05) is 26.8 Å². The van der Waals surface area contributed by atoms with Gasteiger partial charge in [-0.05, 0) is 53.0 Å². The van der Waals surface area contributed by atoms with E-state index in [9.17, 15) is 0 Å². The number of ether oxygens (including phenoxy) is 1. The maximum Gasteiger partial charge on any atom is 0.135 e. The summed E-state index contributed by atoms with van der Waals surface area (Å²) in [5, 5.41) is 0. The molecule has 0 N–H and O–H groups in total. The summed E-state index contributed by atoms with van der Waals surface area (Å²) in [7, 11) is 1.69. The smallest absolute Gasteiger partial charge is 0.135 e. The van der Waals surface area contributed by atoms with E-state index in [1.165, 1.54) is 5.56 Å². The van der Waals surface area contributed by atoms with Gasteiger partial charge in [-0.3, -0.25) is 0 Å². The quantitative estimate of drug-likeness (QED) is 0.729. The molecular weight excluding hydrogens is 328 g/mol. The number of nitrogens with zero attached hydrogens (tertiary/aromatic N) is 2. The number of aryl methyl sites for hydroxylation is 2. The maximum atomic E-state index is 5.55. The van der Waals surface area contributed by atoms with E-state index in [1.54, 1.807) is 7.11 Å².